The zero-order valence-electron chi connectivity index (χ0n) is 7.20. The van der Waals surface area contributed by atoms with Gasteiger partial charge in [0.1, 0.15) is 0 Å². The fraction of sp³-hybridized carbons (Fsp3) is 0.100. The number of carbonyl (C=O) groups excluding carboxylic acids is 1. The number of hydrogen-bond acceptors (Lipinski definition) is 2. The predicted molar refractivity (Wildman–Crippen MR) is 55.1 cm³/mol. The summed E-state index contributed by atoms with van der Waals surface area (Å²) in [5.74, 6) is -0.347. The minimum atomic E-state index is -0.347. The Bertz CT molecular complexity index is 473. The van der Waals surface area contributed by atoms with Gasteiger partial charge in [0, 0.05) is 4.70 Å². The van der Waals surface area contributed by atoms with E-state index in [2.05, 4.69) is 0 Å². The van der Waals surface area contributed by atoms with Crippen molar-refractivity contribution in [3.8, 4) is 0 Å². The summed E-state index contributed by atoms with van der Waals surface area (Å²) in [6, 6.07) is 7.85. The topological polar surface area (TPSA) is 43.1 Å². The van der Waals surface area contributed by atoms with Gasteiger partial charge in [0.2, 0.25) is 0 Å². The highest BCUT2D eigenvalue weighted by molar-refractivity contribution is 7.21. The third-order valence-corrected chi connectivity index (χ3v) is 3.28. The van der Waals surface area contributed by atoms with Gasteiger partial charge in [-0.2, -0.15) is 0 Å². The standard InChI is InChI=1S/C10H9NOS/c1-6-3-2-4-7-5-8(10(11)12)13-9(6)7/h2-5H,1H3,(H2,11,12). The minimum Gasteiger partial charge on any atom is -0.365 e. The number of primary amides is 1. The molecule has 0 aliphatic rings. The molecule has 0 spiro atoms. The Kier molecular flexibility index (Phi) is 1.81. The molecule has 0 aliphatic heterocycles. The van der Waals surface area contributed by atoms with Crippen LogP contribution in [0.3, 0.4) is 0 Å². The normalized spacial score (nSPS) is 10.5. The van der Waals surface area contributed by atoms with Gasteiger partial charge in [-0.25, -0.2) is 0 Å². The van der Waals surface area contributed by atoms with Gasteiger partial charge in [-0.05, 0) is 23.9 Å². The van der Waals surface area contributed by atoms with Crippen molar-refractivity contribution in [1.29, 1.82) is 0 Å². The molecule has 13 heavy (non-hydrogen) atoms. The number of rotatable bonds is 1. The van der Waals surface area contributed by atoms with E-state index in [0.717, 1.165) is 10.1 Å². The van der Waals surface area contributed by atoms with Crippen LogP contribution in [-0.4, -0.2) is 5.91 Å². The highest BCUT2D eigenvalue weighted by Crippen LogP contribution is 2.27. The van der Waals surface area contributed by atoms with Gasteiger partial charge in [0.15, 0.2) is 0 Å². The second-order valence-corrected chi connectivity index (χ2v) is 4.02. The van der Waals surface area contributed by atoms with E-state index in [1.165, 1.54) is 16.9 Å². The van der Waals surface area contributed by atoms with Crippen LogP contribution in [-0.2, 0) is 0 Å². The quantitative estimate of drug-likeness (QED) is 0.738. The molecule has 0 fully saturated rings. The van der Waals surface area contributed by atoms with E-state index in [4.69, 9.17) is 5.73 Å². The lowest BCUT2D eigenvalue weighted by atomic mass is 10.2. The molecule has 2 rings (SSSR count). The Morgan fingerprint density at radius 2 is 2.23 bits per heavy atom. The van der Waals surface area contributed by atoms with Gasteiger partial charge in [-0.1, -0.05) is 18.2 Å². The maximum atomic E-state index is 10.9. The first-order chi connectivity index (χ1) is 6.18. The predicted octanol–water partition coefficient (Wildman–Crippen LogP) is 2.31. The van der Waals surface area contributed by atoms with Crippen molar-refractivity contribution in [1.82, 2.24) is 0 Å². The molecule has 2 nitrogen and oxygen atoms in total. The molecular weight excluding hydrogens is 182 g/mol. The summed E-state index contributed by atoms with van der Waals surface area (Å²) in [7, 11) is 0. The number of thiophene rings is 1. The molecular formula is C10H9NOS. The molecule has 1 heterocycles. The molecule has 0 saturated heterocycles. The molecule has 0 bridgehead atoms. The first-order valence-electron chi connectivity index (χ1n) is 3.97. The zero-order chi connectivity index (χ0) is 9.42. The maximum absolute atomic E-state index is 10.9. The number of hydrogen-bond donors (Lipinski definition) is 1. The highest BCUT2D eigenvalue weighted by atomic mass is 32.1. The molecule has 0 unspecified atom stereocenters. The molecule has 1 amide bonds. The number of aryl methyl sites for hydroxylation is 1. The Balaban J connectivity index is 2.75. The number of carbonyl (C=O) groups is 1. The van der Waals surface area contributed by atoms with E-state index < -0.39 is 0 Å². The third kappa shape index (κ3) is 1.31. The lowest BCUT2D eigenvalue weighted by Gasteiger charge is -1.91. The SMILES string of the molecule is Cc1cccc2cc(C(N)=O)sc12. The summed E-state index contributed by atoms with van der Waals surface area (Å²) in [6.45, 7) is 2.03. The van der Waals surface area contributed by atoms with E-state index in [9.17, 15) is 4.79 Å². The van der Waals surface area contributed by atoms with Crippen LogP contribution < -0.4 is 5.73 Å². The van der Waals surface area contributed by atoms with Gasteiger partial charge in [-0.3, -0.25) is 4.79 Å². The van der Waals surface area contributed by atoms with Crippen LogP contribution in [0.2, 0.25) is 0 Å². The Hall–Kier alpha value is -1.35. The number of nitrogens with two attached hydrogens (primary N) is 1. The van der Waals surface area contributed by atoms with Crippen LogP contribution in [0.15, 0.2) is 24.3 Å². The summed E-state index contributed by atoms with van der Waals surface area (Å²) < 4.78 is 1.15. The molecule has 2 N–H and O–H groups in total. The monoisotopic (exact) mass is 191 g/mol. The van der Waals surface area contributed by atoms with Crippen molar-refractivity contribution in [2.24, 2.45) is 5.73 Å². The Labute approximate surface area is 80.0 Å². The van der Waals surface area contributed by atoms with Crippen molar-refractivity contribution in [3.63, 3.8) is 0 Å². The fourth-order valence-corrected chi connectivity index (χ4v) is 2.31. The maximum Gasteiger partial charge on any atom is 0.258 e. The van der Waals surface area contributed by atoms with Gasteiger partial charge in [-0.15, -0.1) is 11.3 Å². The largest absolute Gasteiger partial charge is 0.365 e. The van der Waals surface area contributed by atoms with Crippen molar-refractivity contribution < 1.29 is 4.79 Å². The average Bonchev–Trinajstić information content (AvgIpc) is 2.49. The zero-order valence-corrected chi connectivity index (χ0v) is 8.02. The van der Waals surface area contributed by atoms with Crippen LogP contribution in [0.25, 0.3) is 10.1 Å². The molecule has 3 heteroatoms. The molecule has 1 aromatic heterocycles. The molecule has 0 saturated carbocycles. The molecule has 0 aliphatic carbocycles. The van der Waals surface area contributed by atoms with Crippen LogP contribution in [0.1, 0.15) is 15.2 Å². The van der Waals surface area contributed by atoms with Crippen LogP contribution in [0.5, 0.6) is 0 Å². The van der Waals surface area contributed by atoms with Gasteiger partial charge in [0.25, 0.3) is 5.91 Å². The van der Waals surface area contributed by atoms with E-state index in [0.29, 0.717) is 4.88 Å². The smallest absolute Gasteiger partial charge is 0.258 e. The van der Waals surface area contributed by atoms with E-state index in [1.807, 2.05) is 31.2 Å². The van der Waals surface area contributed by atoms with Gasteiger partial charge >= 0.3 is 0 Å². The Morgan fingerprint density at radius 1 is 1.46 bits per heavy atom. The molecule has 0 radical (unpaired) electrons. The van der Waals surface area contributed by atoms with Gasteiger partial charge in [0.05, 0.1) is 4.88 Å². The highest BCUT2D eigenvalue weighted by Gasteiger charge is 2.06. The fourth-order valence-electron chi connectivity index (χ4n) is 1.33. The third-order valence-electron chi connectivity index (χ3n) is 1.98. The van der Waals surface area contributed by atoms with Crippen LogP contribution >= 0.6 is 11.3 Å². The molecule has 2 aromatic rings. The van der Waals surface area contributed by atoms with E-state index >= 15 is 0 Å². The van der Waals surface area contributed by atoms with Crippen molar-refractivity contribution in [3.05, 3.63) is 34.7 Å². The summed E-state index contributed by atoms with van der Waals surface area (Å²) in [5, 5.41) is 1.10. The number of amides is 1. The van der Waals surface area contributed by atoms with Gasteiger partial charge < -0.3 is 5.73 Å². The van der Waals surface area contributed by atoms with E-state index in [1.54, 1.807) is 0 Å². The van der Waals surface area contributed by atoms with E-state index in [-0.39, 0.29) is 5.91 Å². The van der Waals surface area contributed by atoms with Crippen LogP contribution in [0, 0.1) is 6.92 Å². The number of fused-ring (bicyclic) bond motifs is 1. The lowest BCUT2D eigenvalue weighted by molar-refractivity contribution is 0.100. The first-order valence-corrected chi connectivity index (χ1v) is 4.79. The summed E-state index contributed by atoms with van der Waals surface area (Å²) in [6.07, 6.45) is 0. The Morgan fingerprint density at radius 3 is 2.85 bits per heavy atom. The summed E-state index contributed by atoms with van der Waals surface area (Å²) >= 11 is 1.46. The average molecular weight is 191 g/mol. The van der Waals surface area contributed by atoms with Crippen LogP contribution in [0.4, 0.5) is 0 Å². The summed E-state index contributed by atoms with van der Waals surface area (Å²) in [4.78, 5) is 11.5. The van der Waals surface area contributed by atoms with Crippen molar-refractivity contribution >= 4 is 27.3 Å². The summed E-state index contributed by atoms with van der Waals surface area (Å²) in [5.41, 5.74) is 6.39. The first kappa shape index (κ1) is 8.26. The van der Waals surface area contributed by atoms with Crippen molar-refractivity contribution in [2.75, 3.05) is 0 Å². The second-order valence-electron chi connectivity index (χ2n) is 2.97. The minimum absolute atomic E-state index is 0.347. The molecule has 1 aromatic carbocycles. The van der Waals surface area contributed by atoms with Crippen molar-refractivity contribution in [2.45, 2.75) is 6.92 Å². The second kappa shape index (κ2) is 2.85. The number of benzene rings is 1. The molecule has 66 valence electrons. The molecule has 0 atom stereocenters. The lowest BCUT2D eigenvalue weighted by Crippen LogP contribution is -2.07.